The minimum atomic E-state index is -0.632. The number of carboxylic acid groups (broad SMARTS) is 1. The van der Waals surface area contributed by atoms with E-state index < -0.39 is 5.97 Å². The Balaban J connectivity index is 1.91. The molecule has 1 atom stereocenters. The van der Waals surface area contributed by atoms with Crippen molar-refractivity contribution in [2.24, 2.45) is 5.92 Å². The number of carbonyl (C=O) groups is 1. The van der Waals surface area contributed by atoms with Crippen LogP contribution in [-0.4, -0.2) is 11.1 Å². The van der Waals surface area contributed by atoms with Crippen LogP contribution in [0.2, 0.25) is 0 Å². The van der Waals surface area contributed by atoms with Crippen LogP contribution in [-0.2, 0) is 11.2 Å². The largest absolute Gasteiger partial charge is 0.481 e. The van der Waals surface area contributed by atoms with Gasteiger partial charge < -0.3 is 10.8 Å². The maximum absolute atomic E-state index is 10.9. The molecular weight excluding hydrogens is 286 g/mol. The van der Waals surface area contributed by atoms with E-state index in [1.807, 2.05) is 19.1 Å². The first-order chi connectivity index (χ1) is 11.1. The number of carboxylic acids is 1. The van der Waals surface area contributed by atoms with E-state index in [0.717, 1.165) is 31.4 Å². The highest BCUT2D eigenvalue weighted by Crippen LogP contribution is 2.16. The summed E-state index contributed by atoms with van der Waals surface area (Å²) >= 11 is 0. The van der Waals surface area contributed by atoms with Crippen LogP contribution < -0.4 is 5.73 Å². The fourth-order valence-corrected chi connectivity index (χ4v) is 3.03. The lowest BCUT2D eigenvalue weighted by Crippen LogP contribution is -2.12. The fraction of sp³-hybridized carbons (Fsp3) is 0.650. The summed E-state index contributed by atoms with van der Waals surface area (Å²) in [4.78, 5) is 10.9. The zero-order valence-electron chi connectivity index (χ0n) is 14.6. The third kappa shape index (κ3) is 9.27. The molecule has 0 radical (unpaired) electrons. The summed E-state index contributed by atoms with van der Waals surface area (Å²) in [5.74, 6) is -0.769. The van der Waals surface area contributed by atoms with Crippen molar-refractivity contribution in [3.8, 4) is 0 Å². The maximum Gasteiger partial charge on any atom is 0.306 e. The highest BCUT2D eigenvalue weighted by molar-refractivity contribution is 5.69. The van der Waals surface area contributed by atoms with E-state index in [1.54, 1.807) is 0 Å². The van der Waals surface area contributed by atoms with Crippen molar-refractivity contribution < 1.29 is 9.90 Å². The van der Waals surface area contributed by atoms with Gasteiger partial charge in [0, 0.05) is 5.69 Å². The van der Waals surface area contributed by atoms with E-state index in [4.69, 9.17) is 10.8 Å². The summed E-state index contributed by atoms with van der Waals surface area (Å²) in [5.41, 5.74) is 7.98. The van der Waals surface area contributed by atoms with Gasteiger partial charge in [0.2, 0.25) is 0 Å². The van der Waals surface area contributed by atoms with Crippen LogP contribution in [0.3, 0.4) is 0 Å². The van der Waals surface area contributed by atoms with Crippen molar-refractivity contribution >= 4 is 11.7 Å². The molecule has 0 aliphatic rings. The highest BCUT2D eigenvalue weighted by Gasteiger charge is 2.13. The van der Waals surface area contributed by atoms with Gasteiger partial charge in [0.1, 0.15) is 0 Å². The quantitative estimate of drug-likeness (QED) is 0.376. The second-order valence-electron chi connectivity index (χ2n) is 6.56. The molecule has 0 bridgehead atoms. The van der Waals surface area contributed by atoms with Crippen molar-refractivity contribution in [1.82, 2.24) is 0 Å². The van der Waals surface area contributed by atoms with E-state index >= 15 is 0 Å². The molecule has 0 saturated carbocycles. The van der Waals surface area contributed by atoms with Crippen molar-refractivity contribution in [3.63, 3.8) is 0 Å². The topological polar surface area (TPSA) is 63.3 Å². The van der Waals surface area contributed by atoms with Gasteiger partial charge in [0.05, 0.1) is 5.92 Å². The van der Waals surface area contributed by atoms with Crippen LogP contribution in [0.15, 0.2) is 24.3 Å². The number of nitrogens with two attached hydrogens (primary N) is 1. The number of hydrogen-bond donors (Lipinski definition) is 2. The smallest absolute Gasteiger partial charge is 0.306 e. The molecule has 0 fully saturated rings. The van der Waals surface area contributed by atoms with Gasteiger partial charge in [0.15, 0.2) is 0 Å². The number of nitrogen functional groups attached to an aromatic ring is 1. The average Bonchev–Trinajstić information content (AvgIpc) is 2.52. The Hall–Kier alpha value is -1.51. The summed E-state index contributed by atoms with van der Waals surface area (Å²) < 4.78 is 0. The maximum atomic E-state index is 10.9. The second kappa shape index (κ2) is 12.0. The van der Waals surface area contributed by atoms with Crippen molar-refractivity contribution in [2.45, 2.75) is 77.6 Å². The predicted octanol–water partition coefficient (Wildman–Crippen LogP) is 5.43. The average molecular weight is 319 g/mol. The van der Waals surface area contributed by atoms with Gasteiger partial charge >= 0.3 is 5.97 Å². The predicted molar refractivity (Wildman–Crippen MR) is 97.5 cm³/mol. The Morgan fingerprint density at radius 1 is 1.04 bits per heavy atom. The summed E-state index contributed by atoms with van der Waals surface area (Å²) in [5, 5.41) is 8.99. The van der Waals surface area contributed by atoms with Gasteiger partial charge in [-0.25, -0.2) is 0 Å². The van der Waals surface area contributed by atoms with Crippen LogP contribution in [0.4, 0.5) is 5.69 Å². The Morgan fingerprint density at radius 3 is 2.22 bits per heavy atom. The molecule has 3 N–H and O–H groups in total. The molecule has 1 aromatic rings. The Morgan fingerprint density at radius 2 is 1.65 bits per heavy atom. The molecular formula is C20H33NO2. The van der Waals surface area contributed by atoms with Crippen molar-refractivity contribution in [2.75, 3.05) is 5.73 Å². The summed E-state index contributed by atoms with van der Waals surface area (Å²) in [6.07, 6.45) is 12.6. The van der Waals surface area contributed by atoms with Crippen LogP contribution in [0.25, 0.3) is 0 Å². The number of benzene rings is 1. The third-order valence-corrected chi connectivity index (χ3v) is 4.56. The molecule has 1 aromatic carbocycles. The summed E-state index contributed by atoms with van der Waals surface area (Å²) in [6.45, 7) is 1.96. The third-order valence-electron chi connectivity index (χ3n) is 4.56. The molecule has 0 aliphatic carbocycles. The zero-order valence-corrected chi connectivity index (χ0v) is 14.6. The minimum Gasteiger partial charge on any atom is -0.481 e. The highest BCUT2D eigenvalue weighted by atomic mass is 16.4. The van der Waals surface area contributed by atoms with Gasteiger partial charge in [-0.05, 0) is 43.4 Å². The van der Waals surface area contributed by atoms with E-state index in [0.29, 0.717) is 0 Å². The number of aliphatic carboxylic acids is 1. The molecule has 1 rings (SSSR count). The number of unbranched alkanes of at least 4 members (excludes halogenated alkanes) is 7. The first-order valence-electron chi connectivity index (χ1n) is 9.20. The van der Waals surface area contributed by atoms with Gasteiger partial charge in [0.25, 0.3) is 0 Å². The standard InChI is InChI=1S/C20H33NO2/c1-2-18(20(22)23)14-10-8-6-4-3-5-7-9-12-17-13-11-15-19(21)16-17/h11,13,15-16,18H,2-10,12,14,21H2,1H3,(H,22,23). The molecule has 130 valence electrons. The van der Waals surface area contributed by atoms with E-state index in [-0.39, 0.29) is 5.92 Å². The molecule has 3 heteroatoms. The van der Waals surface area contributed by atoms with E-state index in [2.05, 4.69) is 12.1 Å². The molecule has 1 unspecified atom stereocenters. The van der Waals surface area contributed by atoms with Crippen LogP contribution in [0, 0.1) is 5.92 Å². The van der Waals surface area contributed by atoms with Gasteiger partial charge in [-0.1, -0.05) is 64.0 Å². The van der Waals surface area contributed by atoms with E-state index in [1.165, 1.54) is 50.5 Å². The first kappa shape index (κ1) is 19.5. The lowest BCUT2D eigenvalue weighted by molar-refractivity contribution is -0.142. The molecule has 0 spiro atoms. The number of aryl methyl sites for hydroxylation is 1. The fourth-order valence-electron chi connectivity index (χ4n) is 3.03. The lowest BCUT2D eigenvalue weighted by atomic mass is 9.98. The van der Waals surface area contributed by atoms with Crippen molar-refractivity contribution in [3.05, 3.63) is 29.8 Å². The van der Waals surface area contributed by atoms with Crippen LogP contribution in [0.5, 0.6) is 0 Å². The second-order valence-corrected chi connectivity index (χ2v) is 6.56. The summed E-state index contributed by atoms with van der Waals surface area (Å²) in [6, 6.07) is 8.18. The Labute approximate surface area is 141 Å². The SMILES string of the molecule is CCC(CCCCCCCCCCc1cccc(N)c1)C(=O)O. The van der Waals surface area contributed by atoms with Crippen molar-refractivity contribution in [1.29, 1.82) is 0 Å². The molecule has 0 aromatic heterocycles. The number of anilines is 1. The van der Waals surface area contributed by atoms with Gasteiger partial charge in [-0.3, -0.25) is 4.79 Å². The number of rotatable bonds is 13. The number of hydrogen-bond acceptors (Lipinski definition) is 2. The normalized spacial score (nSPS) is 12.2. The van der Waals surface area contributed by atoms with Gasteiger partial charge in [-0.15, -0.1) is 0 Å². The monoisotopic (exact) mass is 319 g/mol. The molecule has 0 amide bonds. The van der Waals surface area contributed by atoms with Crippen LogP contribution >= 0.6 is 0 Å². The zero-order chi connectivity index (χ0) is 16.9. The summed E-state index contributed by atoms with van der Waals surface area (Å²) in [7, 11) is 0. The Bertz CT molecular complexity index is 445. The Kier molecular flexibility index (Phi) is 10.2. The van der Waals surface area contributed by atoms with Gasteiger partial charge in [-0.2, -0.15) is 0 Å². The molecule has 3 nitrogen and oxygen atoms in total. The van der Waals surface area contributed by atoms with E-state index in [9.17, 15) is 4.79 Å². The molecule has 0 heterocycles. The minimum absolute atomic E-state index is 0.137. The lowest BCUT2D eigenvalue weighted by Gasteiger charge is -2.08. The van der Waals surface area contributed by atoms with Crippen LogP contribution in [0.1, 0.15) is 76.7 Å². The molecule has 0 saturated heterocycles. The molecule has 23 heavy (non-hydrogen) atoms. The molecule has 0 aliphatic heterocycles. The first-order valence-corrected chi connectivity index (χ1v) is 9.20.